The van der Waals surface area contributed by atoms with Gasteiger partial charge in [0, 0.05) is 11.8 Å². The quantitative estimate of drug-likeness (QED) is 0.584. The van der Waals surface area contributed by atoms with Crippen LogP contribution in [0.15, 0.2) is 0 Å². The lowest BCUT2D eigenvalue weighted by Gasteiger charge is -2.28. The summed E-state index contributed by atoms with van der Waals surface area (Å²) >= 11 is 4.26. The van der Waals surface area contributed by atoms with E-state index in [1.807, 2.05) is 0 Å². The van der Waals surface area contributed by atoms with Gasteiger partial charge in [-0.15, -0.1) is 0 Å². The van der Waals surface area contributed by atoms with Crippen molar-refractivity contribution in [3.8, 4) is 0 Å². The lowest BCUT2D eigenvalue weighted by atomic mass is 9.93. The Morgan fingerprint density at radius 3 is 2.70 bits per heavy atom. The minimum Gasteiger partial charge on any atom is -0.313 e. The molecule has 0 unspecified atom stereocenters. The monoisotopic (exact) mass is 159 g/mol. The van der Waals surface area contributed by atoms with Crippen molar-refractivity contribution in [3.05, 3.63) is 0 Å². The third-order valence-corrected chi connectivity index (χ3v) is 2.86. The van der Waals surface area contributed by atoms with Gasteiger partial charge in [0.1, 0.15) is 0 Å². The summed E-state index contributed by atoms with van der Waals surface area (Å²) in [6.07, 6.45) is 4.04. The number of piperidine rings is 1. The molecule has 0 aromatic heterocycles. The molecule has 0 bridgehead atoms. The van der Waals surface area contributed by atoms with Gasteiger partial charge in [0.2, 0.25) is 0 Å². The molecular weight excluding hydrogens is 142 g/mol. The molecule has 1 nitrogen and oxygen atoms in total. The summed E-state index contributed by atoms with van der Waals surface area (Å²) in [5, 5.41) is 3.49. The van der Waals surface area contributed by atoms with Crippen LogP contribution in [0.2, 0.25) is 0 Å². The van der Waals surface area contributed by atoms with Gasteiger partial charge in [-0.05, 0) is 25.3 Å². The van der Waals surface area contributed by atoms with Crippen molar-refractivity contribution in [2.24, 2.45) is 5.92 Å². The summed E-state index contributed by atoms with van der Waals surface area (Å²) in [4.78, 5) is 0. The molecule has 10 heavy (non-hydrogen) atoms. The molecule has 0 aliphatic carbocycles. The maximum atomic E-state index is 4.26. The number of nitrogens with one attached hydrogen (secondary N) is 1. The Morgan fingerprint density at radius 2 is 2.30 bits per heavy atom. The highest BCUT2D eigenvalue weighted by atomic mass is 32.1. The van der Waals surface area contributed by atoms with Crippen molar-refractivity contribution in [2.75, 3.05) is 12.3 Å². The number of hydrogen-bond donors (Lipinski definition) is 2. The number of hydrogen-bond acceptors (Lipinski definition) is 2. The van der Waals surface area contributed by atoms with Gasteiger partial charge in [-0.1, -0.05) is 13.3 Å². The SMILES string of the molecule is CC[C@H]1CC[C@@H](CS)NC1. The molecule has 1 saturated heterocycles. The summed E-state index contributed by atoms with van der Waals surface area (Å²) < 4.78 is 0. The zero-order chi connectivity index (χ0) is 7.40. The van der Waals surface area contributed by atoms with E-state index in [-0.39, 0.29) is 0 Å². The molecule has 1 heterocycles. The topological polar surface area (TPSA) is 12.0 Å². The maximum absolute atomic E-state index is 4.26. The van der Waals surface area contributed by atoms with E-state index in [4.69, 9.17) is 0 Å². The number of rotatable bonds is 2. The van der Waals surface area contributed by atoms with Gasteiger partial charge in [-0.25, -0.2) is 0 Å². The fraction of sp³-hybridized carbons (Fsp3) is 1.00. The second kappa shape index (κ2) is 4.24. The molecule has 0 amide bonds. The predicted molar refractivity (Wildman–Crippen MR) is 48.7 cm³/mol. The van der Waals surface area contributed by atoms with Gasteiger partial charge in [-0.3, -0.25) is 0 Å². The summed E-state index contributed by atoms with van der Waals surface area (Å²) in [7, 11) is 0. The molecule has 1 rings (SSSR count). The zero-order valence-corrected chi connectivity index (χ0v) is 7.53. The highest BCUT2D eigenvalue weighted by Crippen LogP contribution is 2.17. The van der Waals surface area contributed by atoms with Crippen LogP contribution in [0.25, 0.3) is 0 Å². The van der Waals surface area contributed by atoms with Gasteiger partial charge >= 0.3 is 0 Å². The van der Waals surface area contributed by atoms with Crippen LogP contribution in [0, 0.1) is 5.92 Å². The normalized spacial score (nSPS) is 34.2. The fourth-order valence-electron chi connectivity index (χ4n) is 1.48. The van der Waals surface area contributed by atoms with E-state index in [0.717, 1.165) is 11.7 Å². The fourth-order valence-corrected chi connectivity index (χ4v) is 1.79. The average molecular weight is 159 g/mol. The molecule has 0 aromatic rings. The molecule has 0 spiro atoms. The molecule has 2 atom stereocenters. The number of thiol groups is 1. The Bertz CT molecular complexity index is 75.3. The van der Waals surface area contributed by atoms with Crippen molar-refractivity contribution in [2.45, 2.75) is 32.2 Å². The van der Waals surface area contributed by atoms with Crippen LogP contribution in [-0.2, 0) is 0 Å². The first-order valence-corrected chi connectivity index (χ1v) is 4.84. The van der Waals surface area contributed by atoms with Crippen molar-refractivity contribution >= 4 is 12.6 Å². The summed E-state index contributed by atoms with van der Waals surface area (Å²) in [6, 6.07) is 0.686. The summed E-state index contributed by atoms with van der Waals surface area (Å²) in [5.74, 6) is 1.92. The maximum Gasteiger partial charge on any atom is 0.0155 e. The molecule has 1 aliphatic heterocycles. The molecule has 2 heteroatoms. The standard InChI is InChI=1S/C8H17NS/c1-2-7-3-4-8(6-10)9-5-7/h7-10H,2-6H2,1H3/t7-,8-/m0/s1. The first kappa shape index (κ1) is 8.41. The molecule has 0 aromatic carbocycles. The molecule has 1 aliphatic rings. The summed E-state index contributed by atoms with van der Waals surface area (Å²) in [5.41, 5.74) is 0. The molecule has 1 N–H and O–H groups in total. The lowest BCUT2D eigenvalue weighted by molar-refractivity contribution is 0.320. The predicted octanol–water partition coefficient (Wildman–Crippen LogP) is 1.69. The lowest BCUT2D eigenvalue weighted by Crippen LogP contribution is -2.39. The van der Waals surface area contributed by atoms with Gasteiger partial charge in [-0.2, -0.15) is 12.6 Å². The second-order valence-electron chi connectivity index (χ2n) is 3.14. The van der Waals surface area contributed by atoms with Crippen LogP contribution in [0.5, 0.6) is 0 Å². The van der Waals surface area contributed by atoms with Crippen LogP contribution in [0.4, 0.5) is 0 Å². The minimum absolute atomic E-state index is 0.686. The third kappa shape index (κ3) is 2.17. The molecule has 0 radical (unpaired) electrons. The first-order chi connectivity index (χ1) is 4.86. The Kier molecular flexibility index (Phi) is 3.57. The van der Waals surface area contributed by atoms with Crippen LogP contribution in [-0.4, -0.2) is 18.3 Å². The average Bonchev–Trinajstić information content (AvgIpc) is 2.05. The smallest absolute Gasteiger partial charge is 0.0155 e. The highest BCUT2D eigenvalue weighted by molar-refractivity contribution is 7.80. The summed E-state index contributed by atoms with van der Waals surface area (Å²) in [6.45, 7) is 3.48. The van der Waals surface area contributed by atoms with E-state index in [0.29, 0.717) is 6.04 Å². The molecular formula is C8H17NS. The van der Waals surface area contributed by atoms with E-state index in [9.17, 15) is 0 Å². The van der Waals surface area contributed by atoms with E-state index in [1.54, 1.807) is 0 Å². The van der Waals surface area contributed by atoms with E-state index in [1.165, 1.54) is 25.8 Å². The Hall–Kier alpha value is 0.310. The Labute approximate surface area is 69.0 Å². The van der Waals surface area contributed by atoms with Crippen molar-refractivity contribution < 1.29 is 0 Å². The molecule has 60 valence electrons. The Balaban J connectivity index is 2.17. The minimum atomic E-state index is 0.686. The van der Waals surface area contributed by atoms with Crippen molar-refractivity contribution in [1.82, 2.24) is 5.32 Å². The van der Waals surface area contributed by atoms with E-state index in [2.05, 4.69) is 24.9 Å². The largest absolute Gasteiger partial charge is 0.313 e. The van der Waals surface area contributed by atoms with E-state index >= 15 is 0 Å². The first-order valence-electron chi connectivity index (χ1n) is 4.21. The third-order valence-electron chi connectivity index (χ3n) is 2.42. The second-order valence-corrected chi connectivity index (χ2v) is 3.50. The van der Waals surface area contributed by atoms with Gasteiger partial charge in [0.15, 0.2) is 0 Å². The zero-order valence-electron chi connectivity index (χ0n) is 6.64. The van der Waals surface area contributed by atoms with Crippen molar-refractivity contribution in [1.29, 1.82) is 0 Å². The van der Waals surface area contributed by atoms with Crippen LogP contribution >= 0.6 is 12.6 Å². The van der Waals surface area contributed by atoms with Crippen LogP contribution < -0.4 is 5.32 Å². The Morgan fingerprint density at radius 1 is 1.50 bits per heavy atom. The van der Waals surface area contributed by atoms with Crippen LogP contribution in [0.3, 0.4) is 0 Å². The van der Waals surface area contributed by atoms with Gasteiger partial charge in [0.05, 0.1) is 0 Å². The van der Waals surface area contributed by atoms with Crippen LogP contribution in [0.1, 0.15) is 26.2 Å². The van der Waals surface area contributed by atoms with Gasteiger partial charge in [0.25, 0.3) is 0 Å². The highest BCUT2D eigenvalue weighted by Gasteiger charge is 2.17. The van der Waals surface area contributed by atoms with Gasteiger partial charge < -0.3 is 5.32 Å². The van der Waals surface area contributed by atoms with Crippen molar-refractivity contribution in [3.63, 3.8) is 0 Å². The molecule has 0 saturated carbocycles. The van der Waals surface area contributed by atoms with E-state index < -0.39 is 0 Å². The molecule has 1 fully saturated rings.